The molecule has 1 aliphatic heterocycles. The second kappa shape index (κ2) is 8.15. The second-order valence-corrected chi connectivity index (χ2v) is 8.02. The van der Waals surface area contributed by atoms with E-state index in [1.165, 1.54) is 18.2 Å². The zero-order chi connectivity index (χ0) is 20.3. The fourth-order valence-electron chi connectivity index (χ4n) is 3.36. The number of benzene rings is 2. The largest absolute Gasteiger partial charge is 0.457 e. The molecule has 2 aromatic rings. The first-order chi connectivity index (χ1) is 13.3. The molecule has 0 radical (unpaired) electrons. The van der Waals surface area contributed by atoms with Crippen molar-refractivity contribution in [3.05, 3.63) is 69.9 Å². The van der Waals surface area contributed by atoms with Gasteiger partial charge in [0.15, 0.2) is 0 Å². The molecule has 1 heterocycles. The lowest BCUT2D eigenvalue weighted by molar-refractivity contribution is 0.106. The van der Waals surface area contributed by atoms with Crippen molar-refractivity contribution >= 4 is 10.1 Å². The molecule has 1 aliphatic rings. The lowest BCUT2D eigenvalue weighted by Crippen LogP contribution is -2.25. The first-order valence-corrected chi connectivity index (χ1v) is 10.2. The number of fused-ring (bicyclic) bond motifs is 2. The molecule has 3 rings (SSSR count). The fourth-order valence-corrected chi connectivity index (χ4v) is 3.99. The number of nitrogens with zero attached hydrogens (tertiary/aromatic N) is 3. The maximum atomic E-state index is 13.9. The van der Waals surface area contributed by atoms with Gasteiger partial charge in [0.1, 0.15) is 23.4 Å². The quantitative estimate of drug-likeness (QED) is 0.338. The number of azide groups is 1. The molecule has 0 unspecified atom stereocenters. The van der Waals surface area contributed by atoms with Crippen molar-refractivity contribution in [1.82, 2.24) is 0 Å². The van der Waals surface area contributed by atoms with Gasteiger partial charge in [-0.15, -0.1) is 0 Å². The average molecular weight is 407 g/mol. The minimum atomic E-state index is -3.82. The van der Waals surface area contributed by atoms with Crippen molar-refractivity contribution in [3.8, 4) is 11.5 Å². The van der Waals surface area contributed by atoms with Crippen molar-refractivity contribution in [2.24, 2.45) is 5.11 Å². The lowest BCUT2D eigenvalue weighted by atomic mass is 9.83. The topological polar surface area (TPSA) is 122 Å². The monoisotopic (exact) mass is 407 g/mol. The maximum Gasteiger partial charge on any atom is 0.264 e. The third-order valence-corrected chi connectivity index (χ3v) is 5.04. The Morgan fingerprint density at radius 1 is 1.29 bits per heavy atom. The molecule has 0 fully saturated rings. The molecule has 0 saturated carbocycles. The SMILES string of the molecule is CS(=O)(=O)O[C@@H](CO)C[C@@H]1c2ccccc2Oc2ccc(F)cc2[C@H]1N=[N+]=[N-]. The molecule has 0 spiro atoms. The van der Waals surface area contributed by atoms with E-state index in [4.69, 9.17) is 14.5 Å². The first-order valence-electron chi connectivity index (χ1n) is 8.42. The zero-order valence-electron chi connectivity index (χ0n) is 14.9. The standard InChI is InChI=1S/C18H18FN3O5S/c1-28(24,25)27-12(10-23)9-14-13-4-2-3-5-16(13)26-17-7-6-11(19)8-15(17)18(14)21-22-20/h2-8,12,14,18,23H,9-10H2,1H3/t12-,14-,18+/m1/s1. The van der Waals surface area contributed by atoms with Crippen LogP contribution in [0.4, 0.5) is 4.39 Å². The highest BCUT2D eigenvalue weighted by Crippen LogP contribution is 2.49. The third kappa shape index (κ3) is 4.42. The summed E-state index contributed by atoms with van der Waals surface area (Å²) in [4.78, 5) is 2.89. The number of halogens is 1. The van der Waals surface area contributed by atoms with Gasteiger partial charge in [-0.05, 0) is 41.8 Å². The van der Waals surface area contributed by atoms with Gasteiger partial charge in [0.05, 0.1) is 18.9 Å². The summed E-state index contributed by atoms with van der Waals surface area (Å²) in [6.07, 6.45) is -0.182. The van der Waals surface area contributed by atoms with E-state index < -0.39 is 40.6 Å². The van der Waals surface area contributed by atoms with Crippen molar-refractivity contribution in [2.75, 3.05) is 12.9 Å². The molecule has 8 nitrogen and oxygen atoms in total. The van der Waals surface area contributed by atoms with Crippen LogP contribution in [0.1, 0.15) is 29.5 Å². The van der Waals surface area contributed by atoms with E-state index in [1.807, 2.05) is 0 Å². The van der Waals surface area contributed by atoms with Crippen molar-refractivity contribution in [2.45, 2.75) is 24.5 Å². The van der Waals surface area contributed by atoms with Crippen LogP contribution in [0.3, 0.4) is 0 Å². The van der Waals surface area contributed by atoms with Crippen LogP contribution in [0.15, 0.2) is 47.6 Å². The van der Waals surface area contributed by atoms with Crippen molar-refractivity contribution in [3.63, 3.8) is 0 Å². The molecule has 0 amide bonds. The van der Waals surface area contributed by atoms with Crippen LogP contribution in [0.25, 0.3) is 10.4 Å². The van der Waals surface area contributed by atoms with Crippen LogP contribution in [0.5, 0.6) is 11.5 Å². The Balaban J connectivity index is 2.14. The van der Waals surface area contributed by atoms with Crippen LogP contribution in [0.2, 0.25) is 0 Å². The smallest absolute Gasteiger partial charge is 0.264 e. The highest BCUT2D eigenvalue weighted by Gasteiger charge is 2.35. The fraction of sp³-hybridized carbons (Fsp3) is 0.333. The number of aliphatic hydroxyl groups excluding tert-OH is 1. The Bertz CT molecular complexity index is 1020. The predicted molar refractivity (Wildman–Crippen MR) is 99.0 cm³/mol. The van der Waals surface area contributed by atoms with Gasteiger partial charge in [-0.1, -0.05) is 23.3 Å². The summed E-state index contributed by atoms with van der Waals surface area (Å²) in [6.45, 7) is -0.564. The van der Waals surface area contributed by atoms with Crippen LogP contribution in [-0.2, 0) is 14.3 Å². The van der Waals surface area contributed by atoms with Gasteiger partial charge in [-0.25, -0.2) is 4.39 Å². The molecule has 0 saturated heterocycles. The third-order valence-electron chi connectivity index (χ3n) is 4.42. The normalized spacial score (nSPS) is 19.4. The highest BCUT2D eigenvalue weighted by atomic mass is 32.2. The van der Waals surface area contributed by atoms with E-state index in [2.05, 4.69) is 10.0 Å². The molecule has 28 heavy (non-hydrogen) atoms. The Hall–Kier alpha value is -2.65. The summed E-state index contributed by atoms with van der Waals surface area (Å²) in [5.41, 5.74) is 10.1. The van der Waals surface area contributed by atoms with Gasteiger partial charge >= 0.3 is 0 Å². The van der Waals surface area contributed by atoms with E-state index in [0.717, 1.165) is 6.26 Å². The van der Waals surface area contributed by atoms with Crippen LogP contribution in [-0.4, -0.2) is 32.5 Å². The summed E-state index contributed by atoms with van der Waals surface area (Å²) in [5, 5.41) is 13.4. The zero-order valence-corrected chi connectivity index (χ0v) is 15.7. The summed E-state index contributed by atoms with van der Waals surface area (Å²) in [7, 11) is -3.82. The van der Waals surface area contributed by atoms with Gasteiger partial charge in [-0.2, -0.15) is 8.42 Å². The minimum absolute atomic E-state index is 0.00355. The summed E-state index contributed by atoms with van der Waals surface area (Å²) >= 11 is 0. The van der Waals surface area contributed by atoms with Crippen LogP contribution >= 0.6 is 0 Å². The van der Waals surface area contributed by atoms with Gasteiger partial charge in [0.2, 0.25) is 0 Å². The number of ether oxygens (including phenoxy) is 1. The predicted octanol–water partition coefficient (Wildman–Crippen LogP) is 3.79. The highest BCUT2D eigenvalue weighted by molar-refractivity contribution is 7.86. The second-order valence-electron chi connectivity index (χ2n) is 6.42. The molecule has 0 bridgehead atoms. The van der Waals surface area contributed by atoms with Gasteiger partial charge < -0.3 is 9.84 Å². The van der Waals surface area contributed by atoms with Crippen molar-refractivity contribution in [1.29, 1.82) is 0 Å². The number of rotatable bonds is 6. The number of para-hydroxylation sites is 1. The summed E-state index contributed by atoms with van der Waals surface area (Å²) in [5.74, 6) is -0.351. The van der Waals surface area contributed by atoms with Crippen molar-refractivity contribution < 1.29 is 26.8 Å². The molecule has 0 aliphatic carbocycles. The molecule has 2 aromatic carbocycles. The first kappa shape index (κ1) is 20.1. The number of hydrogen-bond acceptors (Lipinski definition) is 6. The Kier molecular flexibility index (Phi) is 5.85. The molecular weight excluding hydrogens is 389 g/mol. The number of aliphatic hydroxyl groups is 1. The molecule has 3 atom stereocenters. The van der Waals surface area contributed by atoms with Crippen LogP contribution < -0.4 is 4.74 Å². The molecule has 148 valence electrons. The average Bonchev–Trinajstić information content (AvgIpc) is 2.76. The molecule has 0 aromatic heterocycles. The maximum absolute atomic E-state index is 13.9. The van der Waals surface area contributed by atoms with E-state index in [9.17, 15) is 17.9 Å². The minimum Gasteiger partial charge on any atom is -0.457 e. The van der Waals surface area contributed by atoms with E-state index in [1.54, 1.807) is 24.3 Å². The van der Waals surface area contributed by atoms with Crippen LogP contribution in [0, 0.1) is 5.82 Å². The molecule has 1 N–H and O–H groups in total. The summed E-state index contributed by atoms with van der Waals surface area (Å²) < 4.78 is 47.8. The Morgan fingerprint density at radius 2 is 2.00 bits per heavy atom. The van der Waals surface area contributed by atoms with Gasteiger partial charge in [-0.3, -0.25) is 4.18 Å². The van der Waals surface area contributed by atoms with Gasteiger partial charge in [0.25, 0.3) is 10.1 Å². The van der Waals surface area contributed by atoms with Gasteiger partial charge in [0, 0.05) is 16.4 Å². The van der Waals surface area contributed by atoms with E-state index >= 15 is 0 Å². The van der Waals surface area contributed by atoms with E-state index in [-0.39, 0.29) is 6.42 Å². The molecule has 10 heteroatoms. The lowest BCUT2D eigenvalue weighted by Gasteiger charge is -2.26. The Labute approximate surface area is 161 Å². The summed E-state index contributed by atoms with van der Waals surface area (Å²) in [6, 6.07) is 9.97. The Morgan fingerprint density at radius 3 is 2.68 bits per heavy atom. The van der Waals surface area contributed by atoms with E-state index in [0.29, 0.717) is 22.6 Å². The molecular formula is C18H18FN3O5S. The number of hydrogen-bond donors (Lipinski definition) is 1.